The zero-order valence-electron chi connectivity index (χ0n) is 7.73. The van der Waals surface area contributed by atoms with Crippen molar-refractivity contribution in [2.45, 2.75) is 12.4 Å². The largest absolute Gasteiger partial charge is 0.467 e. The molecule has 0 bridgehead atoms. The fourth-order valence-electron chi connectivity index (χ4n) is 0.801. The Morgan fingerprint density at radius 1 is 1.18 bits per heavy atom. The minimum atomic E-state index is -4.93. The Labute approximate surface area is 95.4 Å². The molecule has 0 saturated heterocycles. The minimum Gasteiger partial charge on any atom is -0.467 e. The summed E-state index contributed by atoms with van der Waals surface area (Å²) in [7, 11) is 0. The second-order valence-electron chi connectivity index (χ2n) is 2.76. The second kappa shape index (κ2) is 4.55. The average Bonchev–Trinajstić information content (AvgIpc) is 2.11. The van der Waals surface area contributed by atoms with E-state index in [1.165, 1.54) is 0 Å². The van der Waals surface area contributed by atoms with E-state index in [0.717, 1.165) is 0 Å². The van der Waals surface area contributed by atoms with E-state index in [2.05, 4.69) is 14.7 Å². The van der Waals surface area contributed by atoms with Crippen molar-refractivity contribution in [1.29, 1.82) is 0 Å². The fraction of sp³-hybridized carbons (Fsp3) is 0.429. The molecule has 0 aliphatic carbocycles. The van der Waals surface area contributed by atoms with Crippen molar-refractivity contribution < 1.29 is 31.1 Å². The molecule has 96 valence electrons. The van der Waals surface area contributed by atoms with Crippen LogP contribution < -0.4 is 4.74 Å². The molecule has 17 heavy (non-hydrogen) atoms. The second-order valence-corrected chi connectivity index (χ2v) is 3.10. The zero-order valence-corrected chi connectivity index (χ0v) is 8.49. The summed E-state index contributed by atoms with van der Waals surface area (Å²) in [5, 5.41) is -0.643. The van der Waals surface area contributed by atoms with Crippen LogP contribution in [0.4, 0.5) is 26.3 Å². The maximum atomic E-state index is 12.3. The maximum Gasteiger partial charge on any atom is 0.423 e. The van der Waals surface area contributed by atoms with Crippen LogP contribution in [0, 0.1) is 0 Å². The van der Waals surface area contributed by atoms with E-state index in [0.29, 0.717) is 0 Å². The van der Waals surface area contributed by atoms with Crippen molar-refractivity contribution in [2.75, 3.05) is 6.61 Å². The third-order valence-corrected chi connectivity index (χ3v) is 1.58. The van der Waals surface area contributed by atoms with Crippen molar-refractivity contribution in [3.05, 3.63) is 17.0 Å². The van der Waals surface area contributed by atoms with Crippen LogP contribution >= 0.6 is 11.6 Å². The first kappa shape index (κ1) is 13.8. The highest BCUT2D eigenvalue weighted by atomic mass is 35.5. The molecule has 1 aromatic rings. The van der Waals surface area contributed by atoms with Gasteiger partial charge in [-0.3, -0.25) is 0 Å². The van der Waals surface area contributed by atoms with Gasteiger partial charge in [0, 0.05) is 6.20 Å². The molecule has 1 heterocycles. The predicted octanol–water partition coefficient (Wildman–Crippen LogP) is 3.09. The standard InChI is InChI=1S/C7H3ClF6N2O/c8-5-15-1-3(7(12,13)14)4(16-5)17-2-6(9,10)11/h1H,2H2. The molecule has 10 heteroatoms. The van der Waals surface area contributed by atoms with Gasteiger partial charge in [0.25, 0.3) is 0 Å². The lowest BCUT2D eigenvalue weighted by molar-refractivity contribution is -0.159. The van der Waals surface area contributed by atoms with Gasteiger partial charge in [0.05, 0.1) is 0 Å². The monoisotopic (exact) mass is 280 g/mol. The van der Waals surface area contributed by atoms with Gasteiger partial charge < -0.3 is 4.74 Å². The van der Waals surface area contributed by atoms with Crippen LogP contribution in [-0.4, -0.2) is 22.8 Å². The van der Waals surface area contributed by atoms with Crippen molar-refractivity contribution >= 4 is 11.6 Å². The Morgan fingerprint density at radius 2 is 1.76 bits per heavy atom. The first-order chi connectivity index (χ1) is 7.59. The van der Waals surface area contributed by atoms with Gasteiger partial charge in [-0.15, -0.1) is 0 Å². The number of nitrogens with zero attached hydrogens (tertiary/aromatic N) is 2. The number of alkyl halides is 6. The van der Waals surface area contributed by atoms with E-state index >= 15 is 0 Å². The molecule has 0 aliphatic heterocycles. The summed E-state index contributed by atoms with van der Waals surface area (Å²) in [6, 6.07) is 0. The summed E-state index contributed by atoms with van der Waals surface area (Å²) in [5.41, 5.74) is -1.52. The molecule has 0 aliphatic rings. The van der Waals surface area contributed by atoms with E-state index < -0.39 is 35.7 Å². The number of aromatic nitrogens is 2. The molecule has 0 aromatic carbocycles. The molecule has 0 fully saturated rings. The summed E-state index contributed by atoms with van der Waals surface area (Å²) in [4.78, 5) is 5.98. The SMILES string of the molecule is FC(F)(F)COc1nc(Cl)ncc1C(F)(F)F. The van der Waals surface area contributed by atoms with Crippen LogP contribution in [0.3, 0.4) is 0 Å². The van der Waals surface area contributed by atoms with Gasteiger partial charge in [0.2, 0.25) is 11.2 Å². The average molecular weight is 281 g/mol. The molecule has 0 radical (unpaired) electrons. The summed E-state index contributed by atoms with van der Waals surface area (Å²) in [6.07, 6.45) is -9.45. The quantitative estimate of drug-likeness (QED) is 0.617. The van der Waals surface area contributed by atoms with Gasteiger partial charge >= 0.3 is 12.4 Å². The number of ether oxygens (including phenoxy) is 1. The Balaban J connectivity index is 3.00. The first-order valence-corrected chi connectivity index (χ1v) is 4.26. The lowest BCUT2D eigenvalue weighted by Gasteiger charge is -2.13. The minimum absolute atomic E-state index is 0.251. The zero-order chi connectivity index (χ0) is 13.3. The summed E-state index contributed by atoms with van der Waals surface area (Å²) >= 11 is 5.17. The number of hydrogen-bond donors (Lipinski definition) is 0. The van der Waals surface area contributed by atoms with E-state index in [1.807, 2.05) is 0 Å². The Kier molecular flexibility index (Phi) is 3.70. The van der Waals surface area contributed by atoms with Crippen molar-refractivity contribution in [2.24, 2.45) is 0 Å². The lowest BCUT2D eigenvalue weighted by atomic mass is 10.3. The summed E-state index contributed by atoms with van der Waals surface area (Å²) < 4.78 is 76.2. The predicted molar refractivity (Wildman–Crippen MR) is 43.6 cm³/mol. The molecular weight excluding hydrogens is 278 g/mol. The molecule has 1 aromatic heterocycles. The highest BCUT2D eigenvalue weighted by molar-refractivity contribution is 6.28. The van der Waals surface area contributed by atoms with Gasteiger partial charge in [-0.25, -0.2) is 4.98 Å². The van der Waals surface area contributed by atoms with Crippen molar-refractivity contribution in [1.82, 2.24) is 9.97 Å². The fourth-order valence-corrected chi connectivity index (χ4v) is 0.926. The normalized spacial score (nSPS) is 12.6. The molecule has 0 spiro atoms. The summed E-state index contributed by atoms with van der Waals surface area (Å²) in [5.74, 6) is -1.25. The summed E-state index contributed by atoms with van der Waals surface area (Å²) in [6.45, 7) is -1.90. The lowest BCUT2D eigenvalue weighted by Crippen LogP contribution is -2.21. The smallest absolute Gasteiger partial charge is 0.423 e. The maximum absolute atomic E-state index is 12.3. The number of halogens is 7. The molecule has 0 amide bonds. The highest BCUT2D eigenvalue weighted by Gasteiger charge is 2.37. The van der Waals surface area contributed by atoms with Crippen LogP contribution in [0.25, 0.3) is 0 Å². The van der Waals surface area contributed by atoms with Crippen LogP contribution in [0.5, 0.6) is 5.88 Å². The topological polar surface area (TPSA) is 35.0 Å². The number of rotatable bonds is 2. The van der Waals surface area contributed by atoms with E-state index in [-0.39, 0.29) is 6.20 Å². The Morgan fingerprint density at radius 3 is 2.24 bits per heavy atom. The van der Waals surface area contributed by atoms with E-state index in [1.54, 1.807) is 0 Å². The third-order valence-electron chi connectivity index (χ3n) is 1.40. The molecule has 0 unspecified atom stereocenters. The molecular formula is C7H3ClF6N2O. The Hall–Kier alpha value is -1.25. The highest BCUT2D eigenvalue weighted by Crippen LogP contribution is 2.35. The van der Waals surface area contributed by atoms with Crippen LogP contribution in [-0.2, 0) is 6.18 Å². The van der Waals surface area contributed by atoms with E-state index in [4.69, 9.17) is 11.6 Å². The van der Waals surface area contributed by atoms with Gasteiger partial charge in [0.15, 0.2) is 6.61 Å². The molecule has 1 rings (SSSR count). The van der Waals surface area contributed by atoms with Gasteiger partial charge in [0.1, 0.15) is 5.56 Å². The third kappa shape index (κ3) is 4.25. The van der Waals surface area contributed by atoms with E-state index in [9.17, 15) is 26.3 Å². The van der Waals surface area contributed by atoms with Gasteiger partial charge in [-0.05, 0) is 11.6 Å². The molecule has 3 nitrogen and oxygen atoms in total. The van der Waals surface area contributed by atoms with Crippen LogP contribution in [0.1, 0.15) is 5.56 Å². The molecule has 0 saturated carbocycles. The van der Waals surface area contributed by atoms with Gasteiger partial charge in [-0.1, -0.05) is 0 Å². The van der Waals surface area contributed by atoms with Crippen molar-refractivity contribution in [3.8, 4) is 5.88 Å². The first-order valence-electron chi connectivity index (χ1n) is 3.89. The Bertz CT molecular complexity index is 404. The molecule has 0 atom stereocenters. The number of hydrogen-bond acceptors (Lipinski definition) is 3. The van der Waals surface area contributed by atoms with Crippen molar-refractivity contribution in [3.63, 3.8) is 0 Å². The molecule has 0 N–H and O–H groups in total. The van der Waals surface area contributed by atoms with Crippen LogP contribution in [0.2, 0.25) is 5.28 Å². The van der Waals surface area contributed by atoms with Gasteiger partial charge in [-0.2, -0.15) is 31.3 Å². The van der Waals surface area contributed by atoms with Crippen LogP contribution in [0.15, 0.2) is 6.20 Å².